The number of pyridine rings is 1. The number of halogens is 3. The molecule has 0 amide bonds. The Morgan fingerprint density at radius 1 is 1.44 bits per heavy atom. The molecule has 0 spiro atoms. The Morgan fingerprint density at radius 3 is 2.56 bits per heavy atom. The van der Waals surface area contributed by atoms with Gasteiger partial charge in [-0.3, -0.25) is 0 Å². The van der Waals surface area contributed by atoms with E-state index in [0.29, 0.717) is 18.9 Å². The summed E-state index contributed by atoms with van der Waals surface area (Å²) >= 11 is 0. The van der Waals surface area contributed by atoms with Gasteiger partial charge in [0.2, 0.25) is 5.88 Å². The van der Waals surface area contributed by atoms with Crippen molar-refractivity contribution in [1.29, 1.82) is 0 Å². The molecule has 1 N–H and O–H groups in total. The van der Waals surface area contributed by atoms with E-state index in [1.807, 2.05) is 0 Å². The van der Waals surface area contributed by atoms with E-state index in [1.165, 1.54) is 0 Å². The molecule has 1 aliphatic rings. The largest absolute Gasteiger partial charge is 0.478 e. The summed E-state index contributed by atoms with van der Waals surface area (Å²) < 4.78 is 43.4. The molecule has 1 saturated carbocycles. The molecular formula is C11H10F3NO3. The van der Waals surface area contributed by atoms with Crippen LogP contribution in [0.15, 0.2) is 12.3 Å². The fraction of sp³-hybridized carbons (Fsp3) is 0.455. The molecule has 0 aliphatic heterocycles. The molecule has 0 bridgehead atoms. The summed E-state index contributed by atoms with van der Waals surface area (Å²) in [4.78, 5) is 14.1. The van der Waals surface area contributed by atoms with Gasteiger partial charge in [0.15, 0.2) is 0 Å². The third-order valence-electron chi connectivity index (χ3n) is 2.73. The highest BCUT2D eigenvalue weighted by Crippen LogP contribution is 2.37. The van der Waals surface area contributed by atoms with Gasteiger partial charge in [0.05, 0.1) is 5.56 Å². The molecule has 1 heterocycles. The summed E-state index contributed by atoms with van der Waals surface area (Å²) in [6, 6.07) is 0.545. The van der Waals surface area contributed by atoms with Gasteiger partial charge in [-0.15, -0.1) is 0 Å². The molecule has 0 radical (unpaired) electrons. The van der Waals surface area contributed by atoms with Gasteiger partial charge in [-0.1, -0.05) is 0 Å². The van der Waals surface area contributed by atoms with Crippen LogP contribution < -0.4 is 4.74 Å². The number of ether oxygens (including phenoxy) is 1. The van der Waals surface area contributed by atoms with Crippen molar-refractivity contribution in [2.75, 3.05) is 0 Å². The average Bonchev–Trinajstić information content (AvgIpc) is 2.22. The van der Waals surface area contributed by atoms with Crippen molar-refractivity contribution < 1.29 is 27.8 Å². The number of aromatic carboxylic acids is 1. The lowest BCUT2D eigenvalue weighted by atomic mass is 9.96. The number of hydrogen-bond donors (Lipinski definition) is 1. The van der Waals surface area contributed by atoms with E-state index in [9.17, 15) is 18.0 Å². The molecule has 4 nitrogen and oxygen atoms in total. The first-order valence-electron chi connectivity index (χ1n) is 5.35. The van der Waals surface area contributed by atoms with Crippen LogP contribution in [0, 0.1) is 0 Å². The quantitative estimate of drug-likeness (QED) is 0.908. The van der Waals surface area contributed by atoms with Crippen molar-refractivity contribution >= 4 is 5.97 Å². The Labute approximate surface area is 100 Å². The van der Waals surface area contributed by atoms with Gasteiger partial charge in [-0.2, -0.15) is 13.2 Å². The predicted octanol–water partition coefficient (Wildman–Crippen LogP) is 2.73. The maximum Gasteiger partial charge on any atom is 0.421 e. The van der Waals surface area contributed by atoms with E-state index in [1.54, 1.807) is 0 Å². The van der Waals surface area contributed by atoms with Gasteiger partial charge in [-0.05, 0) is 25.3 Å². The predicted molar refractivity (Wildman–Crippen MR) is 54.5 cm³/mol. The number of hydrogen-bond acceptors (Lipinski definition) is 3. The summed E-state index contributed by atoms with van der Waals surface area (Å²) in [5.74, 6) is -2.00. The van der Waals surface area contributed by atoms with Crippen LogP contribution in [0.2, 0.25) is 0 Å². The first kappa shape index (κ1) is 12.7. The third-order valence-corrected chi connectivity index (χ3v) is 2.73. The second kappa shape index (κ2) is 4.47. The maximum absolute atomic E-state index is 12.8. The summed E-state index contributed by atoms with van der Waals surface area (Å²) in [7, 11) is 0. The topological polar surface area (TPSA) is 59.4 Å². The Morgan fingerprint density at radius 2 is 2.11 bits per heavy atom. The number of nitrogens with zero attached hydrogens (tertiary/aromatic N) is 1. The van der Waals surface area contributed by atoms with Crippen molar-refractivity contribution in [1.82, 2.24) is 4.98 Å². The third kappa shape index (κ3) is 2.55. The number of rotatable bonds is 3. The van der Waals surface area contributed by atoms with Crippen LogP contribution >= 0.6 is 0 Å². The van der Waals surface area contributed by atoms with Crippen LogP contribution in [0.1, 0.15) is 35.2 Å². The summed E-state index contributed by atoms with van der Waals surface area (Å²) in [5.41, 5.74) is -1.66. The van der Waals surface area contributed by atoms with Gasteiger partial charge in [0, 0.05) is 6.20 Å². The van der Waals surface area contributed by atoms with Gasteiger partial charge in [0.25, 0.3) is 0 Å². The monoisotopic (exact) mass is 261 g/mol. The van der Waals surface area contributed by atoms with E-state index in [0.717, 1.165) is 12.6 Å². The zero-order chi connectivity index (χ0) is 13.3. The lowest BCUT2D eigenvalue weighted by molar-refractivity contribution is -0.140. The molecular weight excluding hydrogens is 251 g/mol. The lowest BCUT2D eigenvalue weighted by Crippen LogP contribution is -2.26. The smallest absolute Gasteiger partial charge is 0.421 e. The standard InChI is InChI=1S/C11H10F3NO3/c12-11(13,14)8-4-6(10(16)17)5-15-9(8)18-7-2-1-3-7/h4-5,7H,1-3H2,(H,16,17). The lowest BCUT2D eigenvalue weighted by Gasteiger charge is -2.27. The second-order valence-corrected chi connectivity index (χ2v) is 4.05. The molecule has 0 atom stereocenters. The van der Waals surface area contributed by atoms with E-state index >= 15 is 0 Å². The minimum absolute atomic E-state index is 0.255. The fourth-order valence-electron chi connectivity index (χ4n) is 1.51. The zero-order valence-corrected chi connectivity index (χ0v) is 9.20. The molecule has 1 aliphatic carbocycles. The molecule has 0 aromatic carbocycles. The van der Waals surface area contributed by atoms with Crippen molar-refractivity contribution in [3.63, 3.8) is 0 Å². The Bertz CT molecular complexity index is 469. The number of carbonyl (C=O) groups is 1. The minimum Gasteiger partial charge on any atom is -0.478 e. The number of carboxylic acid groups (broad SMARTS) is 1. The van der Waals surface area contributed by atoms with Gasteiger partial charge >= 0.3 is 12.1 Å². The molecule has 0 saturated heterocycles. The SMILES string of the molecule is O=C(O)c1cnc(OC2CCC2)c(C(F)(F)F)c1. The van der Waals surface area contributed by atoms with Crippen LogP contribution in [-0.2, 0) is 6.18 Å². The normalized spacial score (nSPS) is 16.2. The van der Waals surface area contributed by atoms with E-state index in [2.05, 4.69) is 4.98 Å². The highest BCUT2D eigenvalue weighted by molar-refractivity contribution is 5.87. The van der Waals surface area contributed by atoms with Crippen molar-refractivity contribution in [3.05, 3.63) is 23.4 Å². The number of alkyl halides is 3. The van der Waals surface area contributed by atoms with E-state index < -0.39 is 29.2 Å². The highest BCUT2D eigenvalue weighted by atomic mass is 19.4. The minimum atomic E-state index is -4.68. The Kier molecular flexibility index (Phi) is 3.14. The molecule has 0 unspecified atom stereocenters. The fourth-order valence-corrected chi connectivity index (χ4v) is 1.51. The Hall–Kier alpha value is -1.79. The molecule has 18 heavy (non-hydrogen) atoms. The first-order valence-corrected chi connectivity index (χ1v) is 5.35. The van der Waals surface area contributed by atoms with Crippen LogP contribution in [-0.4, -0.2) is 22.2 Å². The molecule has 1 fully saturated rings. The van der Waals surface area contributed by atoms with Gasteiger partial charge in [0.1, 0.15) is 11.7 Å². The van der Waals surface area contributed by atoms with Crippen LogP contribution in [0.4, 0.5) is 13.2 Å². The van der Waals surface area contributed by atoms with Crippen molar-refractivity contribution in [2.45, 2.75) is 31.5 Å². The van der Waals surface area contributed by atoms with Crippen LogP contribution in [0.5, 0.6) is 5.88 Å². The maximum atomic E-state index is 12.8. The summed E-state index contributed by atoms with van der Waals surface area (Å²) in [6.07, 6.45) is -1.77. The van der Waals surface area contributed by atoms with Crippen LogP contribution in [0.3, 0.4) is 0 Å². The second-order valence-electron chi connectivity index (χ2n) is 4.05. The van der Waals surface area contributed by atoms with E-state index in [-0.39, 0.29) is 6.10 Å². The highest BCUT2D eigenvalue weighted by Gasteiger charge is 2.37. The molecule has 2 rings (SSSR count). The van der Waals surface area contributed by atoms with Crippen molar-refractivity contribution in [2.24, 2.45) is 0 Å². The number of carboxylic acids is 1. The summed E-state index contributed by atoms with van der Waals surface area (Å²) in [6.45, 7) is 0. The Balaban J connectivity index is 2.34. The molecule has 98 valence electrons. The molecule has 7 heteroatoms. The molecule has 1 aromatic rings. The average molecular weight is 261 g/mol. The van der Waals surface area contributed by atoms with Crippen LogP contribution in [0.25, 0.3) is 0 Å². The van der Waals surface area contributed by atoms with Gasteiger partial charge < -0.3 is 9.84 Å². The number of aromatic nitrogens is 1. The van der Waals surface area contributed by atoms with Gasteiger partial charge in [-0.25, -0.2) is 9.78 Å². The zero-order valence-electron chi connectivity index (χ0n) is 9.20. The first-order chi connectivity index (χ1) is 8.38. The molecule has 1 aromatic heterocycles. The van der Waals surface area contributed by atoms with Crippen molar-refractivity contribution in [3.8, 4) is 5.88 Å². The van der Waals surface area contributed by atoms with E-state index in [4.69, 9.17) is 9.84 Å². The summed E-state index contributed by atoms with van der Waals surface area (Å²) in [5, 5.41) is 8.66.